The molecule has 0 spiro atoms. The van der Waals surface area contributed by atoms with Gasteiger partial charge in [-0.05, 0) is 42.9 Å². The average molecular weight is 373 g/mol. The van der Waals surface area contributed by atoms with Gasteiger partial charge in [-0.3, -0.25) is 5.10 Å². The summed E-state index contributed by atoms with van der Waals surface area (Å²) in [6.45, 7) is 2.79. The number of allylic oxidation sites excluding steroid dienone is 1. The second kappa shape index (κ2) is 7.15. The number of benzene rings is 1. The fourth-order valence-corrected chi connectivity index (χ4v) is 4.81. The molecule has 4 rings (SSSR count). The lowest BCUT2D eigenvalue weighted by Gasteiger charge is -2.15. The second-order valence-electron chi connectivity index (χ2n) is 6.28. The van der Waals surface area contributed by atoms with Crippen LogP contribution in [0.5, 0.6) is 0 Å². The lowest BCUT2D eigenvalue weighted by Crippen LogP contribution is -2.31. The molecule has 25 heavy (non-hydrogen) atoms. The summed E-state index contributed by atoms with van der Waals surface area (Å²) >= 11 is 3.43. The van der Waals surface area contributed by atoms with E-state index in [4.69, 9.17) is 5.73 Å². The number of nitrogens with one attached hydrogen (secondary N) is 2. The fraction of sp³-hybridized carbons (Fsp3) is 0.353. The van der Waals surface area contributed by atoms with E-state index in [9.17, 15) is 0 Å². The highest BCUT2D eigenvalue weighted by molar-refractivity contribution is 8.03. The van der Waals surface area contributed by atoms with Crippen LogP contribution >= 0.6 is 23.1 Å². The molecule has 0 aliphatic carbocycles. The Morgan fingerprint density at radius 3 is 3.16 bits per heavy atom. The van der Waals surface area contributed by atoms with Crippen LogP contribution < -0.4 is 11.1 Å². The van der Waals surface area contributed by atoms with Gasteiger partial charge >= 0.3 is 0 Å². The third kappa shape index (κ3) is 3.70. The van der Waals surface area contributed by atoms with E-state index in [1.807, 2.05) is 18.0 Å². The van der Waals surface area contributed by atoms with Crippen molar-refractivity contribution in [1.29, 1.82) is 0 Å². The van der Waals surface area contributed by atoms with E-state index in [2.05, 4.69) is 56.3 Å². The van der Waals surface area contributed by atoms with E-state index < -0.39 is 0 Å². The molecule has 3 heterocycles. The Labute approximate surface area is 154 Å². The third-order valence-corrected chi connectivity index (χ3v) is 6.32. The molecule has 2 atom stereocenters. The van der Waals surface area contributed by atoms with Gasteiger partial charge in [-0.1, -0.05) is 17.4 Å². The smallest absolute Gasteiger partial charge is 0.206 e. The van der Waals surface area contributed by atoms with E-state index in [0.29, 0.717) is 11.8 Å². The number of aryl methyl sites for hydroxylation is 1. The topological polar surface area (TPSA) is 92.5 Å². The number of anilines is 1. The Morgan fingerprint density at radius 2 is 2.32 bits per heavy atom. The van der Waals surface area contributed by atoms with Gasteiger partial charge in [-0.15, -0.1) is 22.0 Å². The summed E-state index contributed by atoms with van der Waals surface area (Å²) in [7, 11) is 0. The molecular weight excluding hydrogens is 352 g/mol. The molecule has 2 aromatic heterocycles. The van der Waals surface area contributed by atoms with Gasteiger partial charge in [0.05, 0.1) is 11.7 Å². The quantitative estimate of drug-likeness (QED) is 0.613. The Morgan fingerprint density at radius 1 is 1.40 bits per heavy atom. The molecule has 6 nitrogen and oxygen atoms in total. The molecular formula is C17H20N6S2. The standard InChI is InChI=1S/C17H20N6S2/c1-10-5-15-11(8-20-21-15)6-14(10)16-22-23-17(25-16)19-9-12(18)7-13-3-2-4-24-13/h2,4-6,8,12-13H,3,7,9,18H2,1H3,(H,19,23)(H,20,21)/t12-,13?/m0/s1. The summed E-state index contributed by atoms with van der Waals surface area (Å²) < 4.78 is 0. The zero-order chi connectivity index (χ0) is 17.2. The first-order chi connectivity index (χ1) is 12.2. The summed E-state index contributed by atoms with van der Waals surface area (Å²) in [5.41, 5.74) is 9.52. The number of nitrogens with two attached hydrogens (primary N) is 1. The van der Waals surface area contributed by atoms with Crippen LogP contribution in [0.4, 0.5) is 5.13 Å². The highest BCUT2D eigenvalue weighted by Crippen LogP contribution is 2.32. The maximum absolute atomic E-state index is 6.24. The average Bonchev–Trinajstić information content (AvgIpc) is 3.33. The highest BCUT2D eigenvalue weighted by atomic mass is 32.2. The zero-order valence-corrected chi connectivity index (χ0v) is 15.5. The van der Waals surface area contributed by atoms with Crippen LogP contribution in [0.1, 0.15) is 18.4 Å². The zero-order valence-electron chi connectivity index (χ0n) is 13.9. The van der Waals surface area contributed by atoms with Crippen molar-refractivity contribution >= 4 is 39.1 Å². The molecule has 3 aromatic rings. The minimum absolute atomic E-state index is 0.119. The maximum atomic E-state index is 6.24. The number of thioether (sulfide) groups is 1. The van der Waals surface area contributed by atoms with Crippen LogP contribution in [-0.4, -0.2) is 38.2 Å². The van der Waals surface area contributed by atoms with Crippen molar-refractivity contribution in [1.82, 2.24) is 20.4 Å². The van der Waals surface area contributed by atoms with Crippen molar-refractivity contribution in [3.05, 3.63) is 35.4 Å². The van der Waals surface area contributed by atoms with Crippen molar-refractivity contribution in [3.63, 3.8) is 0 Å². The van der Waals surface area contributed by atoms with Crippen molar-refractivity contribution in [3.8, 4) is 10.6 Å². The fourth-order valence-electron chi connectivity index (χ4n) is 2.95. The number of hydrogen-bond donors (Lipinski definition) is 3. The van der Waals surface area contributed by atoms with E-state index in [-0.39, 0.29) is 6.04 Å². The number of fused-ring (bicyclic) bond motifs is 1. The first-order valence-corrected chi connectivity index (χ1v) is 10.0. The number of rotatable bonds is 6. The van der Waals surface area contributed by atoms with Gasteiger partial charge < -0.3 is 11.1 Å². The van der Waals surface area contributed by atoms with Gasteiger partial charge in [0, 0.05) is 28.8 Å². The minimum Gasteiger partial charge on any atom is -0.359 e. The summed E-state index contributed by atoms with van der Waals surface area (Å²) in [5, 5.41) is 24.6. The van der Waals surface area contributed by atoms with Crippen molar-refractivity contribution in [2.45, 2.75) is 31.1 Å². The number of hydrogen-bond acceptors (Lipinski definition) is 7. The molecule has 1 aliphatic heterocycles. The second-order valence-corrected chi connectivity index (χ2v) is 8.47. The predicted octanol–water partition coefficient (Wildman–Crippen LogP) is 3.54. The molecule has 0 saturated carbocycles. The molecule has 0 fully saturated rings. The maximum Gasteiger partial charge on any atom is 0.206 e. The van der Waals surface area contributed by atoms with Crippen LogP contribution in [0.15, 0.2) is 29.8 Å². The molecule has 0 saturated heterocycles. The van der Waals surface area contributed by atoms with E-state index >= 15 is 0 Å². The lowest BCUT2D eigenvalue weighted by molar-refractivity contribution is 0.621. The van der Waals surface area contributed by atoms with Gasteiger partial charge in [0.15, 0.2) is 0 Å². The normalized spacial score (nSPS) is 18.1. The van der Waals surface area contributed by atoms with Crippen molar-refractivity contribution < 1.29 is 0 Å². The summed E-state index contributed by atoms with van der Waals surface area (Å²) in [5.74, 6) is 0. The summed E-state index contributed by atoms with van der Waals surface area (Å²) in [6.07, 6.45) is 6.17. The molecule has 1 aliphatic rings. The van der Waals surface area contributed by atoms with Crippen molar-refractivity contribution in [2.24, 2.45) is 5.73 Å². The molecule has 1 unspecified atom stereocenters. The number of aromatic nitrogens is 4. The van der Waals surface area contributed by atoms with Crippen LogP contribution in [-0.2, 0) is 0 Å². The predicted molar refractivity (Wildman–Crippen MR) is 106 cm³/mol. The SMILES string of the molecule is Cc1cc2[nH]ncc2cc1-c1nnc(NC[C@@H](N)CC2CC=CS2)s1. The molecule has 0 bridgehead atoms. The summed E-state index contributed by atoms with van der Waals surface area (Å²) in [6, 6.07) is 4.32. The monoisotopic (exact) mass is 372 g/mol. The molecule has 0 radical (unpaired) electrons. The van der Waals surface area contributed by atoms with E-state index in [1.165, 1.54) is 0 Å². The highest BCUT2D eigenvalue weighted by Gasteiger charge is 2.16. The largest absolute Gasteiger partial charge is 0.359 e. The van der Waals surface area contributed by atoms with Gasteiger partial charge in [0.25, 0.3) is 0 Å². The van der Waals surface area contributed by atoms with E-state index in [1.54, 1.807) is 11.3 Å². The Balaban J connectivity index is 1.41. The number of H-pyrrole nitrogens is 1. The van der Waals surface area contributed by atoms with Crippen LogP contribution in [0.25, 0.3) is 21.5 Å². The van der Waals surface area contributed by atoms with Crippen LogP contribution in [0.2, 0.25) is 0 Å². The number of nitrogens with zero attached hydrogens (tertiary/aromatic N) is 3. The van der Waals surface area contributed by atoms with Crippen molar-refractivity contribution in [2.75, 3.05) is 11.9 Å². The molecule has 1 aromatic carbocycles. The van der Waals surface area contributed by atoms with Crippen LogP contribution in [0, 0.1) is 6.92 Å². The number of aromatic amines is 1. The lowest BCUT2D eigenvalue weighted by atomic mass is 10.1. The Hall–Kier alpha value is -1.90. The van der Waals surface area contributed by atoms with Gasteiger partial charge in [-0.2, -0.15) is 5.10 Å². The molecule has 8 heteroatoms. The Bertz CT molecular complexity index is 892. The summed E-state index contributed by atoms with van der Waals surface area (Å²) in [4.78, 5) is 0. The Kier molecular flexibility index (Phi) is 4.74. The molecule has 0 amide bonds. The first-order valence-electron chi connectivity index (χ1n) is 8.26. The minimum atomic E-state index is 0.119. The third-order valence-electron chi connectivity index (χ3n) is 4.29. The van der Waals surface area contributed by atoms with Crippen LogP contribution in [0.3, 0.4) is 0 Å². The van der Waals surface area contributed by atoms with Gasteiger partial charge in [0.2, 0.25) is 5.13 Å². The van der Waals surface area contributed by atoms with Gasteiger partial charge in [-0.25, -0.2) is 0 Å². The van der Waals surface area contributed by atoms with E-state index in [0.717, 1.165) is 45.0 Å². The molecule has 130 valence electrons. The first kappa shape index (κ1) is 16.6. The van der Waals surface area contributed by atoms with Gasteiger partial charge in [0.1, 0.15) is 5.01 Å². The molecule has 4 N–H and O–H groups in total.